The van der Waals surface area contributed by atoms with Crippen LogP contribution in [-0.4, -0.2) is 0 Å². The topological polar surface area (TPSA) is 0 Å². The molecule has 0 heteroatoms. The summed E-state index contributed by atoms with van der Waals surface area (Å²) in [6.07, 6.45) is 3.38. The molecule has 8 heavy (non-hydrogen) atoms. The first-order valence-electron chi connectivity index (χ1n) is 3.19. The Morgan fingerprint density at radius 1 is 1.12 bits per heavy atom. The van der Waals surface area contributed by atoms with Gasteiger partial charge in [0.25, 0.3) is 0 Å². The Morgan fingerprint density at radius 3 is 1.50 bits per heavy atom. The smallest absolute Gasteiger partial charge is 0.00864 e. The zero-order valence-corrected chi connectivity index (χ0v) is 6.58. The summed E-state index contributed by atoms with van der Waals surface area (Å²) in [5.41, 5.74) is 0.272. The summed E-state index contributed by atoms with van der Waals surface area (Å²) in [5, 5.41) is 0. The predicted molar refractivity (Wildman–Crippen MR) is 37.5 cm³/mol. The lowest BCUT2D eigenvalue weighted by Gasteiger charge is -2.18. The van der Waals surface area contributed by atoms with E-state index in [2.05, 4.69) is 41.0 Å². The Labute approximate surface area is 53.3 Å². The van der Waals surface area contributed by atoms with Crippen LogP contribution >= 0.6 is 0 Å². The lowest BCUT2D eigenvalue weighted by Crippen LogP contribution is -2.09. The minimum atomic E-state index is 0.272. The molecule has 0 spiro atoms. The normalized spacial score (nSPS) is 12.8. The van der Waals surface area contributed by atoms with E-state index in [-0.39, 0.29) is 5.41 Å². The molecule has 48 valence electrons. The standard InChI is InChI=1S/C8H16/c1-7(2)6-8(3,4)5/h7H,1-5H3. The third kappa shape index (κ3) is 6.00. The maximum Gasteiger partial charge on any atom is -0.00864 e. The van der Waals surface area contributed by atoms with Crippen LogP contribution in [0.3, 0.4) is 0 Å². The monoisotopic (exact) mass is 112 g/mol. The molecule has 0 aromatic carbocycles. The van der Waals surface area contributed by atoms with E-state index in [1.807, 2.05) is 0 Å². The molecule has 0 rings (SSSR count). The molecule has 0 saturated heterocycles. The maximum atomic E-state index is 3.38. The molecule has 0 nitrogen and oxygen atoms in total. The molecular formula is C8H16. The highest BCUT2D eigenvalue weighted by Gasteiger charge is 2.12. The minimum absolute atomic E-state index is 0.272. The van der Waals surface area contributed by atoms with Gasteiger partial charge in [0.15, 0.2) is 0 Å². The summed E-state index contributed by atoms with van der Waals surface area (Å²) in [6.45, 7) is 10.8. The molecule has 0 fully saturated rings. The van der Waals surface area contributed by atoms with Crippen molar-refractivity contribution in [3.8, 4) is 0 Å². The number of hydrogen-bond acceptors (Lipinski definition) is 0. The largest absolute Gasteiger partial charge is 0.0622 e. The van der Waals surface area contributed by atoms with Crippen LogP contribution in [0.5, 0.6) is 0 Å². The number of hydrogen-bond donors (Lipinski definition) is 0. The van der Waals surface area contributed by atoms with Crippen LogP contribution in [0.2, 0.25) is 0 Å². The second-order valence-electron chi connectivity index (χ2n) is 3.55. The van der Waals surface area contributed by atoms with Gasteiger partial charge in [-0.15, -0.1) is 0 Å². The summed E-state index contributed by atoms with van der Waals surface area (Å²) >= 11 is 0. The van der Waals surface area contributed by atoms with Gasteiger partial charge in [-0.3, -0.25) is 0 Å². The van der Waals surface area contributed by atoms with E-state index in [9.17, 15) is 0 Å². The van der Waals surface area contributed by atoms with Crippen LogP contribution in [0.4, 0.5) is 0 Å². The molecule has 0 aliphatic carbocycles. The van der Waals surface area contributed by atoms with Gasteiger partial charge in [0.2, 0.25) is 0 Å². The van der Waals surface area contributed by atoms with Crippen molar-refractivity contribution in [1.82, 2.24) is 0 Å². The summed E-state index contributed by atoms with van der Waals surface area (Å²) in [7, 11) is 0. The molecule has 2 radical (unpaired) electrons. The second-order valence-corrected chi connectivity index (χ2v) is 3.55. The molecule has 0 aliphatic heterocycles. The summed E-state index contributed by atoms with van der Waals surface area (Å²) < 4.78 is 0. The van der Waals surface area contributed by atoms with Crippen molar-refractivity contribution in [2.45, 2.75) is 34.6 Å². The molecule has 0 aromatic heterocycles. The molecule has 0 aromatic rings. The van der Waals surface area contributed by atoms with Crippen molar-refractivity contribution >= 4 is 0 Å². The van der Waals surface area contributed by atoms with E-state index in [0.29, 0.717) is 5.92 Å². The molecule has 0 heterocycles. The Bertz CT molecular complexity index is 54.9. The lowest BCUT2D eigenvalue weighted by molar-refractivity contribution is 0.438. The molecule has 0 amide bonds. The maximum absolute atomic E-state index is 3.38. The highest BCUT2D eigenvalue weighted by molar-refractivity contribution is 4.82. The molecular weight excluding hydrogens is 96.1 g/mol. The fourth-order valence-corrected chi connectivity index (χ4v) is 0.866. The average Bonchev–Trinajstić information content (AvgIpc) is 1.21. The van der Waals surface area contributed by atoms with Crippen LogP contribution in [0.1, 0.15) is 34.6 Å². The van der Waals surface area contributed by atoms with Crippen LogP contribution in [0, 0.1) is 17.8 Å². The zero-order chi connectivity index (χ0) is 6.78. The average molecular weight is 112 g/mol. The quantitative estimate of drug-likeness (QED) is 0.489. The van der Waals surface area contributed by atoms with Crippen molar-refractivity contribution in [1.29, 1.82) is 0 Å². The summed E-state index contributed by atoms with van der Waals surface area (Å²) in [4.78, 5) is 0. The van der Waals surface area contributed by atoms with E-state index >= 15 is 0 Å². The number of rotatable bonds is 1. The van der Waals surface area contributed by atoms with Gasteiger partial charge in [0.1, 0.15) is 0 Å². The van der Waals surface area contributed by atoms with Crippen molar-refractivity contribution in [2.24, 2.45) is 11.3 Å². The first-order valence-corrected chi connectivity index (χ1v) is 3.19. The first kappa shape index (κ1) is 8.00. The molecule has 0 unspecified atom stereocenters. The van der Waals surface area contributed by atoms with E-state index in [1.165, 1.54) is 0 Å². The minimum Gasteiger partial charge on any atom is -0.0622 e. The Kier molecular flexibility index (Phi) is 2.52. The highest BCUT2D eigenvalue weighted by atomic mass is 14.2. The first-order chi connectivity index (χ1) is 3.42. The highest BCUT2D eigenvalue weighted by Crippen LogP contribution is 2.21. The lowest BCUT2D eigenvalue weighted by atomic mass is 9.86. The van der Waals surface area contributed by atoms with Gasteiger partial charge in [-0.2, -0.15) is 0 Å². The van der Waals surface area contributed by atoms with Gasteiger partial charge >= 0.3 is 0 Å². The van der Waals surface area contributed by atoms with Crippen LogP contribution in [0.15, 0.2) is 0 Å². The SMILES string of the molecule is CC(C)[C]C(C)(C)C. The van der Waals surface area contributed by atoms with Gasteiger partial charge in [0.05, 0.1) is 0 Å². The Hall–Kier alpha value is 0. The van der Waals surface area contributed by atoms with Gasteiger partial charge in [-0.1, -0.05) is 34.6 Å². The third-order valence-electron chi connectivity index (χ3n) is 0.722. The van der Waals surface area contributed by atoms with Gasteiger partial charge < -0.3 is 0 Å². The predicted octanol–water partition coefficient (Wildman–Crippen LogP) is 2.77. The fraction of sp³-hybridized carbons (Fsp3) is 0.875. The third-order valence-corrected chi connectivity index (χ3v) is 0.722. The van der Waals surface area contributed by atoms with Gasteiger partial charge in [0, 0.05) is 0 Å². The van der Waals surface area contributed by atoms with E-state index in [4.69, 9.17) is 0 Å². The Morgan fingerprint density at radius 2 is 1.50 bits per heavy atom. The van der Waals surface area contributed by atoms with Crippen molar-refractivity contribution in [2.75, 3.05) is 0 Å². The van der Waals surface area contributed by atoms with Gasteiger partial charge in [-0.25, -0.2) is 0 Å². The zero-order valence-electron chi connectivity index (χ0n) is 6.58. The van der Waals surface area contributed by atoms with Crippen molar-refractivity contribution < 1.29 is 0 Å². The van der Waals surface area contributed by atoms with Gasteiger partial charge in [-0.05, 0) is 17.8 Å². The summed E-state index contributed by atoms with van der Waals surface area (Å²) in [5.74, 6) is 0.593. The fourth-order valence-electron chi connectivity index (χ4n) is 0.866. The molecule has 0 N–H and O–H groups in total. The molecule has 0 saturated carbocycles. The van der Waals surface area contributed by atoms with Crippen LogP contribution < -0.4 is 0 Å². The van der Waals surface area contributed by atoms with Crippen molar-refractivity contribution in [3.63, 3.8) is 0 Å². The van der Waals surface area contributed by atoms with Crippen LogP contribution in [-0.2, 0) is 0 Å². The molecule has 0 aliphatic rings. The van der Waals surface area contributed by atoms with E-state index in [1.54, 1.807) is 0 Å². The second kappa shape index (κ2) is 2.52. The Balaban J connectivity index is 3.39. The van der Waals surface area contributed by atoms with E-state index in [0.717, 1.165) is 0 Å². The molecule has 0 atom stereocenters. The van der Waals surface area contributed by atoms with E-state index < -0.39 is 0 Å². The summed E-state index contributed by atoms with van der Waals surface area (Å²) in [6, 6.07) is 0. The van der Waals surface area contributed by atoms with Crippen LogP contribution in [0.25, 0.3) is 0 Å². The van der Waals surface area contributed by atoms with Crippen molar-refractivity contribution in [3.05, 3.63) is 6.42 Å². The molecule has 0 bridgehead atoms.